The van der Waals surface area contributed by atoms with Gasteiger partial charge in [-0.2, -0.15) is 0 Å². The molecular formula is C36H42N6O5. The van der Waals surface area contributed by atoms with Crippen molar-refractivity contribution in [3.63, 3.8) is 0 Å². The summed E-state index contributed by atoms with van der Waals surface area (Å²) in [5.74, 6) is 1.54. The molecule has 3 amide bonds. The first-order valence-electron chi connectivity index (χ1n) is 16.1. The second-order valence-electron chi connectivity index (χ2n) is 13.1. The van der Waals surface area contributed by atoms with Crippen LogP contribution in [0.15, 0.2) is 60.9 Å². The van der Waals surface area contributed by atoms with Gasteiger partial charge in [-0.05, 0) is 58.9 Å². The third-order valence-electron chi connectivity index (χ3n) is 8.45. The summed E-state index contributed by atoms with van der Waals surface area (Å²) in [6.45, 7) is 10.5. The highest BCUT2D eigenvalue weighted by Gasteiger charge is 2.25. The smallest absolute Gasteiger partial charge is 0.411 e. The van der Waals surface area contributed by atoms with Crippen LogP contribution in [0.2, 0.25) is 0 Å². The predicted octanol–water partition coefficient (Wildman–Crippen LogP) is 7.04. The molecule has 1 aliphatic heterocycles. The minimum Gasteiger partial charge on any atom is -0.492 e. The maximum Gasteiger partial charge on any atom is 0.411 e. The van der Waals surface area contributed by atoms with Crippen molar-refractivity contribution in [2.75, 3.05) is 56.0 Å². The summed E-state index contributed by atoms with van der Waals surface area (Å²) in [4.78, 5) is 37.7. The van der Waals surface area contributed by atoms with E-state index in [-0.39, 0.29) is 5.41 Å². The van der Waals surface area contributed by atoms with Crippen LogP contribution in [-0.2, 0) is 21.4 Å². The van der Waals surface area contributed by atoms with Crippen LogP contribution < -0.4 is 20.7 Å². The molecule has 1 saturated heterocycles. The minimum atomic E-state index is -0.555. The van der Waals surface area contributed by atoms with Crippen molar-refractivity contribution in [2.45, 2.75) is 45.6 Å². The lowest BCUT2D eigenvalue weighted by molar-refractivity contribution is 0.0330. The number of carbonyl (C=O) groups excluding carboxylic acids is 2. The van der Waals surface area contributed by atoms with E-state index >= 15 is 0 Å². The van der Waals surface area contributed by atoms with Crippen LogP contribution in [0.5, 0.6) is 5.75 Å². The number of morpholine rings is 1. The lowest BCUT2D eigenvalue weighted by Gasteiger charge is -2.25. The largest absolute Gasteiger partial charge is 0.492 e. The number of fused-ring (bicyclic) bond motifs is 1. The number of methoxy groups -OCH3 is 1. The molecule has 2 aliphatic rings. The molecule has 1 aromatic heterocycles. The molecule has 2 heterocycles. The Morgan fingerprint density at radius 2 is 1.57 bits per heavy atom. The fourth-order valence-corrected chi connectivity index (χ4v) is 5.56. The Morgan fingerprint density at radius 1 is 0.915 bits per heavy atom. The molecule has 11 nitrogen and oxygen atoms in total. The van der Waals surface area contributed by atoms with Gasteiger partial charge < -0.3 is 24.8 Å². The van der Waals surface area contributed by atoms with E-state index in [1.165, 1.54) is 7.11 Å². The summed E-state index contributed by atoms with van der Waals surface area (Å²) >= 11 is 0. The summed E-state index contributed by atoms with van der Waals surface area (Å²) in [6.07, 6.45) is 5.31. The van der Waals surface area contributed by atoms with Gasteiger partial charge in [0.15, 0.2) is 5.75 Å². The van der Waals surface area contributed by atoms with Crippen molar-refractivity contribution in [3.05, 3.63) is 72.3 Å². The number of hydrogen-bond donors (Lipinski definition) is 3. The highest BCUT2D eigenvalue weighted by molar-refractivity contribution is 6.10. The predicted molar refractivity (Wildman–Crippen MR) is 183 cm³/mol. The van der Waals surface area contributed by atoms with Gasteiger partial charge in [0.25, 0.3) is 0 Å². The van der Waals surface area contributed by atoms with Gasteiger partial charge in [-0.1, -0.05) is 51.1 Å². The molecule has 3 N–H and O–H groups in total. The Balaban J connectivity index is 1.22. The number of aromatic nitrogens is 2. The molecule has 47 heavy (non-hydrogen) atoms. The van der Waals surface area contributed by atoms with Gasteiger partial charge in [0, 0.05) is 36.4 Å². The molecule has 0 unspecified atom stereocenters. The highest BCUT2D eigenvalue weighted by Crippen LogP contribution is 2.39. The van der Waals surface area contributed by atoms with Crippen LogP contribution in [0.3, 0.4) is 0 Å². The molecule has 6 rings (SSSR count). The van der Waals surface area contributed by atoms with E-state index in [2.05, 4.69) is 51.6 Å². The first-order chi connectivity index (χ1) is 22.7. The van der Waals surface area contributed by atoms with Crippen molar-refractivity contribution in [1.82, 2.24) is 14.9 Å². The second-order valence-corrected chi connectivity index (χ2v) is 13.1. The van der Waals surface area contributed by atoms with E-state index in [0.717, 1.165) is 72.4 Å². The lowest BCUT2D eigenvalue weighted by Crippen LogP contribution is -2.36. The molecule has 2 fully saturated rings. The van der Waals surface area contributed by atoms with Gasteiger partial charge in [-0.25, -0.2) is 19.6 Å². The SMILES string of the molecule is COc1c(NC(=O)Nc2ccc(-c3cnc(CN4CCOCC4)nc3)c3ccccc23)cc(C(C)(C)C)cc1NC(=O)OCC1CC1. The molecule has 0 atom stereocenters. The fraction of sp³-hybridized carbons (Fsp3) is 0.389. The van der Waals surface area contributed by atoms with E-state index in [0.29, 0.717) is 41.9 Å². The number of hydrogen-bond acceptors (Lipinski definition) is 8. The van der Waals surface area contributed by atoms with Gasteiger partial charge in [-0.3, -0.25) is 10.2 Å². The fourth-order valence-electron chi connectivity index (χ4n) is 5.56. The number of urea groups is 1. The molecule has 0 radical (unpaired) electrons. The van der Waals surface area contributed by atoms with Crippen LogP contribution in [-0.4, -0.2) is 67.0 Å². The van der Waals surface area contributed by atoms with Crippen LogP contribution in [0.25, 0.3) is 21.9 Å². The summed E-state index contributed by atoms with van der Waals surface area (Å²) in [7, 11) is 1.50. The van der Waals surface area contributed by atoms with Crippen molar-refractivity contribution in [3.8, 4) is 16.9 Å². The third-order valence-corrected chi connectivity index (χ3v) is 8.45. The Hall–Kier alpha value is -4.74. The van der Waals surface area contributed by atoms with Gasteiger partial charge in [0.1, 0.15) is 5.82 Å². The van der Waals surface area contributed by atoms with Crippen molar-refractivity contribution in [1.29, 1.82) is 0 Å². The molecule has 0 spiro atoms. The van der Waals surface area contributed by atoms with Crippen LogP contribution in [0, 0.1) is 5.92 Å². The van der Waals surface area contributed by atoms with E-state index in [1.54, 1.807) is 0 Å². The van der Waals surface area contributed by atoms with Crippen LogP contribution in [0.4, 0.5) is 26.7 Å². The van der Waals surface area contributed by atoms with Crippen molar-refractivity contribution >= 4 is 40.0 Å². The number of benzene rings is 3. The number of amides is 3. The summed E-state index contributed by atoms with van der Waals surface area (Å²) < 4.78 is 16.5. The van der Waals surface area contributed by atoms with Crippen LogP contribution in [0.1, 0.15) is 45.0 Å². The summed E-state index contributed by atoms with van der Waals surface area (Å²) in [6, 6.07) is 15.0. The first kappa shape index (κ1) is 32.2. The Bertz CT molecular complexity index is 1740. The Kier molecular flexibility index (Phi) is 9.55. The van der Waals surface area contributed by atoms with Gasteiger partial charge in [0.2, 0.25) is 0 Å². The van der Waals surface area contributed by atoms with E-state index < -0.39 is 12.1 Å². The zero-order valence-corrected chi connectivity index (χ0v) is 27.4. The standard InChI is InChI=1S/C36H42N6O5/c1-36(2,3)25-17-30(33(45-4)31(18-25)41-35(44)47-22-23-9-10-23)40-34(43)39-29-12-11-26(27-7-5-6-8-28(27)29)24-19-37-32(38-20-24)21-42-13-15-46-16-14-42/h5-8,11-12,17-20,23H,9-10,13-16,21-22H2,1-4H3,(H,41,44)(H2,39,40,43). The van der Waals surface area contributed by atoms with E-state index in [9.17, 15) is 9.59 Å². The third kappa shape index (κ3) is 7.98. The topological polar surface area (TPSA) is 127 Å². The normalized spacial score (nSPS) is 15.2. The number of rotatable bonds is 9. The summed E-state index contributed by atoms with van der Waals surface area (Å²) in [5.41, 5.74) is 3.97. The Labute approximate surface area is 275 Å². The molecule has 4 aromatic rings. The molecule has 246 valence electrons. The molecule has 1 aliphatic carbocycles. The number of nitrogens with zero attached hydrogens (tertiary/aromatic N) is 3. The average molecular weight is 639 g/mol. The monoisotopic (exact) mass is 638 g/mol. The minimum absolute atomic E-state index is 0.274. The number of ether oxygens (including phenoxy) is 3. The van der Waals surface area contributed by atoms with Crippen molar-refractivity contribution in [2.24, 2.45) is 5.92 Å². The zero-order valence-electron chi connectivity index (χ0n) is 27.4. The van der Waals surface area contributed by atoms with Crippen LogP contribution >= 0.6 is 0 Å². The summed E-state index contributed by atoms with van der Waals surface area (Å²) in [5, 5.41) is 10.6. The van der Waals surface area contributed by atoms with Gasteiger partial charge in [0.05, 0.1) is 50.5 Å². The average Bonchev–Trinajstić information content (AvgIpc) is 3.89. The Morgan fingerprint density at radius 3 is 2.23 bits per heavy atom. The lowest BCUT2D eigenvalue weighted by atomic mass is 9.86. The highest BCUT2D eigenvalue weighted by atomic mass is 16.5. The number of anilines is 3. The second kappa shape index (κ2) is 13.9. The zero-order chi connectivity index (χ0) is 33.0. The molecule has 11 heteroatoms. The maximum absolute atomic E-state index is 13.5. The molecule has 0 bridgehead atoms. The first-order valence-corrected chi connectivity index (χ1v) is 16.1. The van der Waals surface area contributed by atoms with Gasteiger partial charge >= 0.3 is 12.1 Å². The quantitative estimate of drug-likeness (QED) is 0.178. The molecule has 1 saturated carbocycles. The molecule has 3 aromatic carbocycles. The van der Waals surface area contributed by atoms with Gasteiger partial charge in [-0.15, -0.1) is 0 Å². The number of nitrogens with one attached hydrogen (secondary N) is 3. The molecular weight excluding hydrogens is 596 g/mol. The number of carbonyl (C=O) groups is 2. The van der Waals surface area contributed by atoms with Crippen molar-refractivity contribution < 1.29 is 23.8 Å². The maximum atomic E-state index is 13.5. The van der Waals surface area contributed by atoms with E-state index in [4.69, 9.17) is 14.2 Å². The van der Waals surface area contributed by atoms with E-state index in [1.807, 2.05) is 60.9 Å².